The van der Waals surface area contributed by atoms with E-state index in [-0.39, 0.29) is 11.9 Å². The van der Waals surface area contributed by atoms with E-state index in [2.05, 4.69) is 5.48 Å². The predicted molar refractivity (Wildman–Crippen MR) is 76.3 cm³/mol. The van der Waals surface area contributed by atoms with Crippen LogP contribution in [0.4, 0.5) is 4.39 Å². The molecule has 0 unspecified atom stereocenters. The molecule has 1 atom stereocenters. The van der Waals surface area contributed by atoms with Crippen molar-refractivity contribution in [3.05, 3.63) is 66.0 Å². The summed E-state index contributed by atoms with van der Waals surface area (Å²) in [5.41, 5.74) is 3.09. The molecule has 0 amide bonds. The van der Waals surface area contributed by atoms with Gasteiger partial charge in [-0.1, -0.05) is 24.3 Å². The van der Waals surface area contributed by atoms with Gasteiger partial charge in [0.15, 0.2) is 0 Å². The van der Waals surface area contributed by atoms with Gasteiger partial charge in [0, 0.05) is 6.04 Å². The molecule has 0 saturated heterocycles. The van der Waals surface area contributed by atoms with E-state index in [0.717, 1.165) is 5.56 Å². The average Bonchev–Trinajstić information content (AvgIpc) is 2.47. The van der Waals surface area contributed by atoms with Gasteiger partial charge in [0.2, 0.25) is 0 Å². The van der Waals surface area contributed by atoms with Gasteiger partial charge in [-0.05, 0) is 48.9 Å². The summed E-state index contributed by atoms with van der Waals surface area (Å²) in [6.07, 6.45) is 3.71. The van der Waals surface area contributed by atoms with Crippen molar-refractivity contribution < 1.29 is 14.3 Å². The van der Waals surface area contributed by atoms with Crippen molar-refractivity contribution in [2.24, 2.45) is 0 Å². The summed E-state index contributed by atoms with van der Waals surface area (Å²) >= 11 is 0. The molecule has 2 aromatic carbocycles. The lowest BCUT2D eigenvalue weighted by atomic mass is 10.2. The maximum Gasteiger partial charge on any atom is 0.128 e. The van der Waals surface area contributed by atoms with Gasteiger partial charge in [-0.3, -0.25) is 0 Å². The van der Waals surface area contributed by atoms with E-state index in [1.165, 1.54) is 12.1 Å². The van der Waals surface area contributed by atoms with E-state index < -0.39 is 0 Å². The number of benzene rings is 2. The zero-order valence-electron chi connectivity index (χ0n) is 11.1. The van der Waals surface area contributed by atoms with Crippen LogP contribution in [0, 0.1) is 5.82 Å². The molecule has 2 rings (SSSR count). The largest absolute Gasteiger partial charge is 0.457 e. The van der Waals surface area contributed by atoms with Crippen molar-refractivity contribution in [3.63, 3.8) is 0 Å². The van der Waals surface area contributed by atoms with Gasteiger partial charge in [-0.2, -0.15) is 5.48 Å². The molecule has 0 spiro atoms. The minimum absolute atomic E-state index is 0.128. The predicted octanol–water partition coefficient (Wildman–Crippen LogP) is 4.00. The standard InChI is InChI=1S/C16H16FNO2/c1-12(18-19)5-6-13-3-2-4-16(11-13)20-15-9-7-14(17)8-10-15/h2-12,18-19H,1H3/b6-5+/t12-/m0/s1. The zero-order chi connectivity index (χ0) is 14.4. The Bertz CT molecular complexity index is 581. The molecule has 20 heavy (non-hydrogen) atoms. The highest BCUT2D eigenvalue weighted by atomic mass is 19.1. The second kappa shape index (κ2) is 6.84. The van der Waals surface area contributed by atoms with Gasteiger partial charge in [0.1, 0.15) is 17.3 Å². The summed E-state index contributed by atoms with van der Waals surface area (Å²) in [6, 6.07) is 13.2. The fourth-order valence-electron chi connectivity index (χ4n) is 1.62. The van der Waals surface area contributed by atoms with Gasteiger partial charge in [-0.25, -0.2) is 4.39 Å². The third-order valence-electron chi connectivity index (χ3n) is 2.69. The van der Waals surface area contributed by atoms with Crippen molar-refractivity contribution >= 4 is 6.08 Å². The molecule has 3 nitrogen and oxygen atoms in total. The van der Waals surface area contributed by atoms with Crippen LogP contribution >= 0.6 is 0 Å². The summed E-state index contributed by atoms with van der Waals surface area (Å²) in [5.74, 6) is 0.959. The molecule has 0 saturated carbocycles. The van der Waals surface area contributed by atoms with E-state index in [0.29, 0.717) is 11.5 Å². The third kappa shape index (κ3) is 4.19. The van der Waals surface area contributed by atoms with Crippen LogP contribution < -0.4 is 10.2 Å². The van der Waals surface area contributed by atoms with E-state index in [4.69, 9.17) is 9.94 Å². The van der Waals surface area contributed by atoms with Crippen LogP contribution in [-0.4, -0.2) is 11.2 Å². The summed E-state index contributed by atoms with van der Waals surface area (Å²) in [6.45, 7) is 1.83. The van der Waals surface area contributed by atoms with Crippen molar-refractivity contribution in [3.8, 4) is 11.5 Å². The molecular formula is C16H16FNO2. The monoisotopic (exact) mass is 273 g/mol. The molecule has 2 aromatic rings. The first-order valence-electron chi connectivity index (χ1n) is 6.28. The Morgan fingerprint density at radius 2 is 1.90 bits per heavy atom. The normalized spacial score (nSPS) is 12.6. The smallest absolute Gasteiger partial charge is 0.128 e. The van der Waals surface area contributed by atoms with Gasteiger partial charge < -0.3 is 9.94 Å². The summed E-state index contributed by atoms with van der Waals surface area (Å²) in [7, 11) is 0. The molecule has 0 aliphatic rings. The zero-order valence-corrected chi connectivity index (χ0v) is 11.1. The van der Waals surface area contributed by atoms with Crippen LogP contribution in [0.15, 0.2) is 54.6 Å². The maximum absolute atomic E-state index is 12.8. The second-order valence-corrected chi connectivity index (χ2v) is 4.41. The first-order chi connectivity index (χ1) is 9.67. The van der Waals surface area contributed by atoms with Gasteiger partial charge in [0.05, 0.1) is 0 Å². The molecule has 0 aliphatic heterocycles. The first-order valence-corrected chi connectivity index (χ1v) is 6.28. The molecule has 104 valence electrons. The summed E-state index contributed by atoms with van der Waals surface area (Å²) in [4.78, 5) is 0. The average molecular weight is 273 g/mol. The number of nitrogens with one attached hydrogen (secondary N) is 1. The fraction of sp³-hybridized carbons (Fsp3) is 0.125. The highest BCUT2D eigenvalue weighted by Gasteiger charge is 1.99. The molecule has 0 heterocycles. The lowest BCUT2D eigenvalue weighted by Gasteiger charge is -2.06. The van der Waals surface area contributed by atoms with E-state index in [9.17, 15) is 4.39 Å². The highest BCUT2D eigenvalue weighted by molar-refractivity contribution is 5.52. The molecular weight excluding hydrogens is 257 g/mol. The summed E-state index contributed by atoms with van der Waals surface area (Å²) < 4.78 is 18.4. The van der Waals surface area contributed by atoms with Gasteiger partial charge >= 0.3 is 0 Å². The molecule has 0 fully saturated rings. The molecule has 0 bridgehead atoms. The lowest BCUT2D eigenvalue weighted by molar-refractivity contribution is 0.150. The minimum atomic E-state index is -0.292. The quantitative estimate of drug-likeness (QED) is 0.809. The molecule has 0 aliphatic carbocycles. The number of halogens is 1. The fourth-order valence-corrected chi connectivity index (χ4v) is 1.62. The molecule has 0 radical (unpaired) electrons. The Morgan fingerprint density at radius 1 is 1.15 bits per heavy atom. The molecule has 4 heteroatoms. The topological polar surface area (TPSA) is 41.5 Å². The summed E-state index contributed by atoms with van der Waals surface area (Å²) in [5, 5.41) is 8.73. The number of hydrogen-bond acceptors (Lipinski definition) is 3. The van der Waals surface area contributed by atoms with Crippen LogP contribution in [0.5, 0.6) is 11.5 Å². The number of hydrogen-bond donors (Lipinski definition) is 2. The van der Waals surface area contributed by atoms with E-state index in [1.807, 2.05) is 43.3 Å². The second-order valence-electron chi connectivity index (χ2n) is 4.41. The first kappa shape index (κ1) is 14.2. The van der Waals surface area contributed by atoms with Gasteiger partial charge in [-0.15, -0.1) is 0 Å². The van der Waals surface area contributed by atoms with Crippen molar-refractivity contribution in [2.75, 3.05) is 0 Å². The Kier molecular flexibility index (Phi) is 4.87. The number of ether oxygens (including phenoxy) is 1. The van der Waals surface area contributed by atoms with Crippen LogP contribution in [0.1, 0.15) is 12.5 Å². The van der Waals surface area contributed by atoms with Crippen LogP contribution in [0.2, 0.25) is 0 Å². The van der Waals surface area contributed by atoms with Gasteiger partial charge in [0.25, 0.3) is 0 Å². The molecule has 0 aromatic heterocycles. The Balaban J connectivity index is 2.09. The SMILES string of the molecule is C[C@@H](/C=C/c1cccc(Oc2ccc(F)cc2)c1)NO. The highest BCUT2D eigenvalue weighted by Crippen LogP contribution is 2.22. The lowest BCUT2D eigenvalue weighted by Crippen LogP contribution is -2.18. The Morgan fingerprint density at radius 3 is 2.60 bits per heavy atom. The van der Waals surface area contributed by atoms with Crippen LogP contribution in [0.3, 0.4) is 0 Å². The van der Waals surface area contributed by atoms with Crippen molar-refractivity contribution in [1.82, 2.24) is 5.48 Å². The van der Waals surface area contributed by atoms with Crippen molar-refractivity contribution in [2.45, 2.75) is 13.0 Å². The Hall–Kier alpha value is -2.17. The minimum Gasteiger partial charge on any atom is -0.457 e. The third-order valence-corrected chi connectivity index (χ3v) is 2.69. The van der Waals surface area contributed by atoms with E-state index >= 15 is 0 Å². The van der Waals surface area contributed by atoms with Crippen LogP contribution in [-0.2, 0) is 0 Å². The van der Waals surface area contributed by atoms with Crippen molar-refractivity contribution in [1.29, 1.82) is 0 Å². The number of hydroxylamine groups is 1. The Labute approximate surface area is 117 Å². The van der Waals surface area contributed by atoms with Crippen LogP contribution in [0.25, 0.3) is 6.08 Å². The number of rotatable bonds is 5. The van der Waals surface area contributed by atoms with E-state index in [1.54, 1.807) is 12.1 Å². The molecule has 2 N–H and O–H groups in total. The maximum atomic E-state index is 12.8.